The number of benzene rings is 1. The summed E-state index contributed by atoms with van der Waals surface area (Å²) in [6.45, 7) is 8.19. The number of rotatable bonds is 4. The average Bonchev–Trinajstić information content (AvgIpc) is 2.94. The highest BCUT2D eigenvalue weighted by Crippen LogP contribution is 2.22. The number of carbonyl (C=O) groups is 2. The van der Waals surface area contributed by atoms with Gasteiger partial charge in [0.2, 0.25) is 0 Å². The molecule has 0 fully saturated rings. The van der Waals surface area contributed by atoms with Gasteiger partial charge in [-0.2, -0.15) is 0 Å². The fourth-order valence-electron chi connectivity index (χ4n) is 2.58. The molecule has 29 heavy (non-hydrogen) atoms. The number of nitrogens with one attached hydrogen (secondary N) is 1. The molecule has 1 heterocycles. The van der Waals surface area contributed by atoms with Crippen molar-refractivity contribution < 1.29 is 19.1 Å². The number of para-hydroxylation sites is 1. The Morgan fingerprint density at radius 2 is 1.72 bits per heavy atom. The molecule has 0 bridgehead atoms. The van der Waals surface area contributed by atoms with Gasteiger partial charge in [-0.15, -0.1) is 5.11 Å². The maximum atomic E-state index is 13.0. The molecule has 0 unspecified atom stereocenters. The number of amides is 1. The molecule has 9 nitrogen and oxygen atoms in total. The number of azo groups is 1. The highest BCUT2D eigenvalue weighted by Gasteiger charge is 2.25. The van der Waals surface area contributed by atoms with Crippen LogP contribution in [0.3, 0.4) is 0 Å². The van der Waals surface area contributed by atoms with Gasteiger partial charge in [-0.25, -0.2) is 14.3 Å². The van der Waals surface area contributed by atoms with Crippen molar-refractivity contribution in [1.29, 1.82) is 0 Å². The van der Waals surface area contributed by atoms with Crippen LogP contribution in [-0.4, -0.2) is 34.6 Å². The second kappa shape index (κ2) is 8.68. The molecule has 2 aromatic rings. The van der Waals surface area contributed by atoms with E-state index in [1.54, 1.807) is 52.0 Å². The minimum Gasteiger partial charge on any atom is -0.465 e. The van der Waals surface area contributed by atoms with Gasteiger partial charge in [-0.05, 0) is 46.8 Å². The first kappa shape index (κ1) is 21.8. The summed E-state index contributed by atoms with van der Waals surface area (Å²) >= 11 is 0. The molecule has 0 saturated carbocycles. The SMILES string of the molecule is COC(=O)/C(=C(/C)N=NC(=O)OC(C)(C)C)c1c(C)[nH]n(-c2ccccc2)c1=O. The smallest absolute Gasteiger partial charge is 0.452 e. The molecule has 0 saturated heterocycles. The summed E-state index contributed by atoms with van der Waals surface area (Å²) in [6, 6.07) is 8.89. The van der Waals surface area contributed by atoms with Crippen molar-refractivity contribution in [3.63, 3.8) is 0 Å². The summed E-state index contributed by atoms with van der Waals surface area (Å²) in [5.41, 5.74) is -0.118. The molecule has 9 heteroatoms. The lowest BCUT2D eigenvalue weighted by Crippen LogP contribution is -2.21. The first-order valence-electron chi connectivity index (χ1n) is 8.86. The number of allylic oxidation sites excluding steroid dienone is 1. The van der Waals surface area contributed by atoms with Gasteiger partial charge in [-0.1, -0.05) is 23.3 Å². The van der Waals surface area contributed by atoms with Crippen LogP contribution in [0.15, 0.2) is 51.1 Å². The third-order valence-corrected chi connectivity index (χ3v) is 3.76. The zero-order valence-electron chi connectivity index (χ0n) is 17.3. The van der Waals surface area contributed by atoms with E-state index in [9.17, 15) is 14.4 Å². The van der Waals surface area contributed by atoms with Crippen LogP contribution in [0.5, 0.6) is 0 Å². The number of nitrogens with zero attached hydrogens (tertiary/aromatic N) is 3. The quantitative estimate of drug-likeness (QED) is 0.477. The van der Waals surface area contributed by atoms with Crippen molar-refractivity contribution in [1.82, 2.24) is 9.78 Å². The number of ether oxygens (including phenoxy) is 2. The summed E-state index contributed by atoms with van der Waals surface area (Å²) in [4.78, 5) is 37.2. The van der Waals surface area contributed by atoms with E-state index in [0.717, 1.165) is 0 Å². The number of hydrogen-bond donors (Lipinski definition) is 1. The number of hydrogen-bond acceptors (Lipinski definition) is 6. The number of aromatic nitrogens is 2. The van der Waals surface area contributed by atoms with Crippen LogP contribution in [0.1, 0.15) is 39.0 Å². The molecule has 0 spiro atoms. The Balaban J connectivity index is 2.55. The third-order valence-electron chi connectivity index (χ3n) is 3.76. The summed E-state index contributed by atoms with van der Waals surface area (Å²) in [5.74, 6) is -0.773. The first-order valence-corrected chi connectivity index (χ1v) is 8.86. The fraction of sp³-hybridized carbons (Fsp3) is 0.350. The van der Waals surface area contributed by atoms with E-state index in [4.69, 9.17) is 9.47 Å². The molecule has 1 N–H and O–H groups in total. The van der Waals surface area contributed by atoms with Crippen LogP contribution in [0.25, 0.3) is 11.3 Å². The largest absolute Gasteiger partial charge is 0.465 e. The van der Waals surface area contributed by atoms with E-state index in [1.807, 2.05) is 6.07 Å². The van der Waals surface area contributed by atoms with E-state index >= 15 is 0 Å². The lowest BCUT2D eigenvalue weighted by molar-refractivity contribution is -0.133. The highest BCUT2D eigenvalue weighted by molar-refractivity contribution is 6.17. The summed E-state index contributed by atoms with van der Waals surface area (Å²) in [6.07, 6.45) is -0.909. The van der Waals surface area contributed by atoms with Crippen LogP contribution in [0.4, 0.5) is 4.79 Å². The van der Waals surface area contributed by atoms with Gasteiger partial charge >= 0.3 is 12.1 Å². The molecule has 1 aromatic carbocycles. The van der Waals surface area contributed by atoms with Crippen LogP contribution < -0.4 is 5.56 Å². The second-order valence-electron chi connectivity index (χ2n) is 7.22. The maximum absolute atomic E-state index is 13.0. The van der Waals surface area contributed by atoms with E-state index < -0.39 is 23.2 Å². The van der Waals surface area contributed by atoms with Crippen LogP contribution in [-0.2, 0) is 14.3 Å². The van der Waals surface area contributed by atoms with Crippen LogP contribution in [0.2, 0.25) is 0 Å². The van der Waals surface area contributed by atoms with Gasteiger partial charge in [0.15, 0.2) is 0 Å². The standard InChI is InChI=1S/C20H24N4O5/c1-12(21-22-19(27)29-20(3,4)5)16(18(26)28-6)15-13(2)23-24(17(15)25)14-10-8-7-9-11-14/h7-11,23H,1-6H3/b16-12-,22-21?. The molecule has 1 amide bonds. The van der Waals surface area contributed by atoms with Crippen molar-refractivity contribution in [2.45, 2.75) is 40.2 Å². The lowest BCUT2D eigenvalue weighted by atomic mass is 10.1. The van der Waals surface area contributed by atoms with Crippen molar-refractivity contribution in [2.24, 2.45) is 10.2 Å². The van der Waals surface area contributed by atoms with Crippen LogP contribution in [0, 0.1) is 6.92 Å². The molecule has 0 aliphatic rings. The van der Waals surface area contributed by atoms with Gasteiger partial charge in [-0.3, -0.25) is 9.89 Å². The fourth-order valence-corrected chi connectivity index (χ4v) is 2.58. The molecule has 0 atom stereocenters. The average molecular weight is 400 g/mol. The highest BCUT2D eigenvalue weighted by atomic mass is 16.6. The van der Waals surface area contributed by atoms with Crippen molar-refractivity contribution in [3.05, 3.63) is 57.6 Å². The Labute approximate surface area is 168 Å². The summed E-state index contributed by atoms with van der Waals surface area (Å²) in [5, 5.41) is 10.2. The number of aromatic amines is 1. The lowest BCUT2D eigenvalue weighted by Gasteiger charge is -2.16. The Morgan fingerprint density at radius 3 is 2.28 bits per heavy atom. The Kier molecular flexibility index (Phi) is 6.53. The minimum atomic E-state index is -0.909. The number of esters is 1. The Hall–Kier alpha value is -3.49. The van der Waals surface area contributed by atoms with E-state index in [1.165, 1.54) is 18.7 Å². The van der Waals surface area contributed by atoms with Gasteiger partial charge < -0.3 is 9.47 Å². The molecular weight excluding hydrogens is 376 g/mol. The molecule has 2 rings (SSSR count). The second-order valence-corrected chi connectivity index (χ2v) is 7.22. The molecule has 1 aromatic heterocycles. The monoisotopic (exact) mass is 400 g/mol. The molecular formula is C20H24N4O5. The van der Waals surface area contributed by atoms with Gasteiger partial charge in [0.25, 0.3) is 5.56 Å². The molecule has 0 aliphatic carbocycles. The van der Waals surface area contributed by atoms with Gasteiger partial charge in [0, 0.05) is 5.69 Å². The molecule has 154 valence electrons. The molecule has 0 aliphatic heterocycles. The number of carbonyl (C=O) groups excluding carboxylic acids is 2. The van der Waals surface area contributed by atoms with Crippen molar-refractivity contribution >= 4 is 17.6 Å². The van der Waals surface area contributed by atoms with Crippen molar-refractivity contribution in [3.8, 4) is 5.69 Å². The van der Waals surface area contributed by atoms with E-state index in [0.29, 0.717) is 11.4 Å². The zero-order valence-corrected chi connectivity index (χ0v) is 17.3. The topological polar surface area (TPSA) is 115 Å². The van der Waals surface area contributed by atoms with E-state index in [2.05, 4.69) is 15.3 Å². The third kappa shape index (κ3) is 5.28. The number of H-pyrrole nitrogens is 1. The summed E-state index contributed by atoms with van der Waals surface area (Å²) < 4.78 is 11.2. The predicted molar refractivity (Wildman–Crippen MR) is 107 cm³/mol. The first-order chi connectivity index (χ1) is 13.5. The van der Waals surface area contributed by atoms with E-state index in [-0.39, 0.29) is 16.8 Å². The predicted octanol–water partition coefficient (Wildman–Crippen LogP) is 3.77. The zero-order chi connectivity index (χ0) is 21.8. The van der Waals surface area contributed by atoms with Gasteiger partial charge in [0.1, 0.15) is 5.60 Å². The Bertz CT molecular complexity index is 1020. The minimum absolute atomic E-state index is 0.0436. The van der Waals surface area contributed by atoms with Gasteiger partial charge in [0.05, 0.1) is 29.6 Å². The Morgan fingerprint density at radius 1 is 1.10 bits per heavy atom. The van der Waals surface area contributed by atoms with Crippen LogP contribution >= 0.6 is 0 Å². The summed E-state index contributed by atoms with van der Waals surface area (Å²) in [7, 11) is 1.19. The molecule has 0 radical (unpaired) electrons. The normalized spacial score (nSPS) is 12.6. The maximum Gasteiger partial charge on any atom is 0.452 e. The van der Waals surface area contributed by atoms with Crippen molar-refractivity contribution in [2.75, 3.05) is 7.11 Å². The number of aryl methyl sites for hydroxylation is 1. The number of methoxy groups -OCH3 is 1.